The molecule has 0 saturated heterocycles. The number of thiazole rings is 1. The Kier molecular flexibility index (Phi) is 5.54. The van der Waals surface area contributed by atoms with Gasteiger partial charge in [0.15, 0.2) is 6.61 Å². The van der Waals surface area contributed by atoms with Gasteiger partial charge in [0.1, 0.15) is 16.8 Å². The Bertz CT molecular complexity index is 589. The lowest BCUT2D eigenvalue weighted by Gasteiger charge is -2.06. The van der Waals surface area contributed by atoms with Crippen LogP contribution in [0.3, 0.4) is 0 Å². The van der Waals surface area contributed by atoms with E-state index in [1.807, 2.05) is 36.5 Å². The third-order valence-corrected chi connectivity index (χ3v) is 3.90. The van der Waals surface area contributed by atoms with Gasteiger partial charge in [0.2, 0.25) is 0 Å². The average molecular weight is 287 g/mol. The summed E-state index contributed by atoms with van der Waals surface area (Å²) in [4.78, 5) is 5.69. The fourth-order valence-corrected chi connectivity index (χ4v) is 2.60. The zero-order chi connectivity index (χ0) is 14.2. The largest absolute Gasteiger partial charge is 0.479 e. The van der Waals surface area contributed by atoms with Crippen molar-refractivity contribution >= 4 is 11.3 Å². The molecule has 0 aliphatic heterocycles. The number of nitrogens with zero attached hydrogens (tertiary/aromatic N) is 2. The molecular formula is C15H17N3OS. The number of aromatic nitrogens is 1. The molecule has 0 amide bonds. The van der Waals surface area contributed by atoms with E-state index in [1.165, 1.54) is 4.88 Å². The lowest BCUT2D eigenvalue weighted by atomic mass is 10.2. The molecule has 0 atom stereocenters. The SMILES string of the molecule is CCc1cnc(CNCc2cccc(OCC#N)c2)s1. The van der Waals surface area contributed by atoms with Crippen molar-refractivity contribution in [2.45, 2.75) is 26.4 Å². The minimum Gasteiger partial charge on any atom is -0.479 e. The van der Waals surface area contributed by atoms with Crippen LogP contribution in [0.4, 0.5) is 0 Å². The maximum Gasteiger partial charge on any atom is 0.174 e. The smallest absolute Gasteiger partial charge is 0.174 e. The number of nitrogens with one attached hydrogen (secondary N) is 1. The predicted octanol–water partition coefficient (Wildman–Crippen LogP) is 2.90. The molecule has 1 N–H and O–H groups in total. The molecule has 1 heterocycles. The van der Waals surface area contributed by atoms with E-state index in [4.69, 9.17) is 10.00 Å². The highest BCUT2D eigenvalue weighted by atomic mass is 32.1. The summed E-state index contributed by atoms with van der Waals surface area (Å²) in [5.74, 6) is 0.730. The fraction of sp³-hybridized carbons (Fsp3) is 0.333. The van der Waals surface area contributed by atoms with Gasteiger partial charge >= 0.3 is 0 Å². The van der Waals surface area contributed by atoms with Gasteiger partial charge in [0.05, 0.1) is 0 Å². The number of benzene rings is 1. The molecule has 2 aromatic rings. The van der Waals surface area contributed by atoms with Gasteiger partial charge in [0.25, 0.3) is 0 Å². The van der Waals surface area contributed by atoms with E-state index in [9.17, 15) is 0 Å². The number of ether oxygens (including phenoxy) is 1. The minimum absolute atomic E-state index is 0.0792. The van der Waals surface area contributed by atoms with Crippen molar-refractivity contribution in [2.24, 2.45) is 0 Å². The van der Waals surface area contributed by atoms with E-state index in [1.54, 1.807) is 11.3 Å². The van der Waals surface area contributed by atoms with Crippen LogP contribution in [0.5, 0.6) is 5.75 Å². The number of rotatable bonds is 7. The molecule has 1 aromatic heterocycles. The van der Waals surface area contributed by atoms with Crippen molar-refractivity contribution in [1.82, 2.24) is 10.3 Å². The van der Waals surface area contributed by atoms with Crippen molar-refractivity contribution in [1.29, 1.82) is 5.26 Å². The first kappa shape index (κ1) is 14.5. The molecule has 0 aliphatic rings. The molecule has 0 bridgehead atoms. The standard InChI is InChI=1S/C15H17N3OS/c1-2-14-10-18-15(20-14)11-17-9-12-4-3-5-13(8-12)19-7-6-16/h3-5,8,10,17H,2,7,9,11H2,1H3. The molecule has 0 aliphatic carbocycles. The van der Waals surface area contributed by atoms with Gasteiger partial charge in [-0.25, -0.2) is 4.98 Å². The van der Waals surface area contributed by atoms with Crippen LogP contribution in [-0.4, -0.2) is 11.6 Å². The second-order valence-corrected chi connectivity index (χ2v) is 5.47. The molecule has 0 unspecified atom stereocenters. The van der Waals surface area contributed by atoms with Gasteiger partial charge in [-0.2, -0.15) is 5.26 Å². The first-order valence-corrected chi connectivity index (χ1v) is 7.36. The number of aryl methyl sites for hydroxylation is 1. The highest BCUT2D eigenvalue weighted by Gasteiger charge is 2.01. The minimum atomic E-state index is 0.0792. The monoisotopic (exact) mass is 287 g/mol. The Morgan fingerprint density at radius 2 is 2.30 bits per heavy atom. The predicted molar refractivity (Wildman–Crippen MR) is 79.6 cm³/mol. The summed E-state index contributed by atoms with van der Waals surface area (Å²) >= 11 is 1.75. The molecule has 0 spiro atoms. The van der Waals surface area contributed by atoms with Crippen molar-refractivity contribution < 1.29 is 4.74 Å². The third kappa shape index (κ3) is 4.34. The molecule has 5 heteroatoms. The van der Waals surface area contributed by atoms with Crippen LogP contribution in [-0.2, 0) is 19.5 Å². The van der Waals surface area contributed by atoms with Crippen molar-refractivity contribution in [3.63, 3.8) is 0 Å². The number of nitriles is 1. The van der Waals surface area contributed by atoms with Crippen LogP contribution in [0.15, 0.2) is 30.5 Å². The second-order valence-electron chi connectivity index (χ2n) is 4.27. The summed E-state index contributed by atoms with van der Waals surface area (Å²) in [7, 11) is 0. The Labute approximate surface area is 123 Å². The summed E-state index contributed by atoms with van der Waals surface area (Å²) in [5.41, 5.74) is 1.13. The lowest BCUT2D eigenvalue weighted by molar-refractivity contribution is 0.367. The molecule has 2 rings (SSSR count). The first-order chi connectivity index (χ1) is 9.81. The van der Waals surface area contributed by atoms with Gasteiger partial charge in [-0.1, -0.05) is 19.1 Å². The molecule has 20 heavy (non-hydrogen) atoms. The summed E-state index contributed by atoms with van der Waals surface area (Å²) in [6.45, 7) is 3.74. The highest BCUT2D eigenvalue weighted by molar-refractivity contribution is 7.11. The van der Waals surface area contributed by atoms with Crippen LogP contribution < -0.4 is 10.1 Å². The Hall–Kier alpha value is -1.90. The molecular weight excluding hydrogens is 270 g/mol. The topological polar surface area (TPSA) is 57.9 Å². The van der Waals surface area contributed by atoms with E-state index in [-0.39, 0.29) is 6.61 Å². The van der Waals surface area contributed by atoms with Crippen LogP contribution in [0.25, 0.3) is 0 Å². The third-order valence-electron chi connectivity index (χ3n) is 2.76. The summed E-state index contributed by atoms with van der Waals surface area (Å²) in [5, 5.41) is 13.0. The fourth-order valence-electron chi connectivity index (χ4n) is 1.77. The Balaban J connectivity index is 1.83. The molecule has 1 aromatic carbocycles. The van der Waals surface area contributed by atoms with Crippen molar-refractivity contribution in [3.05, 3.63) is 45.9 Å². The van der Waals surface area contributed by atoms with Crippen LogP contribution in [0, 0.1) is 11.3 Å². The summed E-state index contributed by atoms with van der Waals surface area (Å²) in [6, 6.07) is 9.73. The van der Waals surface area contributed by atoms with Crippen molar-refractivity contribution in [2.75, 3.05) is 6.61 Å². The Morgan fingerprint density at radius 3 is 3.05 bits per heavy atom. The van der Waals surface area contributed by atoms with Crippen LogP contribution in [0.1, 0.15) is 22.4 Å². The quantitative estimate of drug-likeness (QED) is 0.850. The van der Waals surface area contributed by atoms with Gasteiger partial charge < -0.3 is 10.1 Å². The highest BCUT2D eigenvalue weighted by Crippen LogP contribution is 2.15. The second kappa shape index (κ2) is 7.63. The molecule has 0 radical (unpaired) electrons. The normalized spacial score (nSPS) is 10.2. The molecule has 0 fully saturated rings. The molecule has 0 saturated carbocycles. The van der Waals surface area contributed by atoms with Gasteiger partial charge in [-0.05, 0) is 24.1 Å². The first-order valence-electron chi connectivity index (χ1n) is 6.54. The molecule has 104 valence electrons. The molecule has 4 nitrogen and oxygen atoms in total. The van der Waals surface area contributed by atoms with E-state index >= 15 is 0 Å². The summed E-state index contributed by atoms with van der Waals surface area (Å²) in [6.07, 6.45) is 2.98. The van der Waals surface area contributed by atoms with E-state index in [2.05, 4.69) is 17.2 Å². The zero-order valence-electron chi connectivity index (χ0n) is 11.4. The maximum atomic E-state index is 8.49. The summed E-state index contributed by atoms with van der Waals surface area (Å²) < 4.78 is 5.28. The lowest BCUT2D eigenvalue weighted by Crippen LogP contribution is -2.12. The Morgan fingerprint density at radius 1 is 1.40 bits per heavy atom. The average Bonchev–Trinajstić information content (AvgIpc) is 2.93. The van der Waals surface area contributed by atoms with Crippen LogP contribution >= 0.6 is 11.3 Å². The van der Waals surface area contributed by atoms with Gasteiger partial charge in [0, 0.05) is 24.2 Å². The van der Waals surface area contributed by atoms with E-state index in [0.29, 0.717) is 0 Å². The van der Waals surface area contributed by atoms with Crippen molar-refractivity contribution in [3.8, 4) is 11.8 Å². The van der Waals surface area contributed by atoms with E-state index < -0.39 is 0 Å². The van der Waals surface area contributed by atoms with E-state index in [0.717, 1.165) is 35.8 Å². The maximum absolute atomic E-state index is 8.49. The van der Waals surface area contributed by atoms with Crippen LogP contribution in [0.2, 0.25) is 0 Å². The zero-order valence-corrected chi connectivity index (χ0v) is 12.2. The number of hydrogen-bond donors (Lipinski definition) is 1. The van der Waals surface area contributed by atoms with Gasteiger partial charge in [-0.15, -0.1) is 11.3 Å². The number of hydrogen-bond acceptors (Lipinski definition) is 5. The van der Waals surface area contributed by atoms with Gasteiger partial charge in [-0.3, -0.25) is 0 Å².